The standard InChI is InChI=1S/C15H17N5/c1-10(2)14-15(16)18-19-20(14)9-11-5-6-13-12(8-11)4-3-7-17-13/h3-8,10H,9,16H2,1-2H3. The quantitative estimate of drug-likeness (QED) is 0.791. The minimum Gasteiger partial charge on any atom is -0.381 e. The molecule has 0 aliphatic carbocycles. The highest BCUT2D eigenvalue weighted by atomic mass is 15.4. The highest BCUT2D eigenvalue weighted by Crippen LogP contribution is 2.21. The van der Waals surface area contributed by atoms with Crippen LogP contribution in [0.3, 0.4) is 0 Å². The number of nitrogens with two attached hydrogens (primary N) is 1. The van der Waals surface area contributed by atoms with E-state index in [1.165, 1.54) is 0 Å². The Balaban J connectivity index is 1.97. The van der Waals surface area contributed by atoms with Gasteiger partial charge in [0.2, 0.25) is 0 Å². The van der Waals surface area contributed by atoms with Gasteiger partial charge in [-0.3, -0.25) is 4.98 Å². The summed E-state index contributed by atoms with van der Waals surface area (Å²) < 4.78 is 1.87. The molecule has 5 nitrogen and oxygen atoms in total. The van der Waals surface area contributed by atoms with E-state index in [0.717, 1.165) is 22.2 Å². The van der Waals surface area contributed by atoms with Crippen molar-refractivity contribution < 1.29 is 0 Å². The molecular weight excluding hydrogens is 250 g/mol. The molecule has 102 valence electrons. The van der Waals surface area contributed by atoms with Crippen LogP contribution in [0.5, 0.6) is 0 Å². The van der Waals surface area contributed by atoms with E-state index in [0.29, 0.717) is 18.3 Å². The normalized spacial score (nSPS) is 11.3. The van der Waals surface area contributed by atoms with Crippen LogP contribution in [0, 0.1) is 0 Å². The highest BCUT2D eigenvalue weighted by molar-refractivity contribution is 5.78. The smallest absolute Gasteiger partial charge is 0.169 e. The van der Waals surface area contributed by atoms with Gasteiger partial charge in [-0.2, -0.15) is 0 Å². The number of rotatable bonds is 3. The molecule has 2 N–H and O–H groups in total. The fourth-order valence-corrected chi connectivity index (χ4v) is 2.44. The van der Waals surface area contributed by atoms with E-state index in [4.69, 9.17) is 5.73 Å². The van der Waals surface area contributed by atoms with Gasteiger partial charge in [-0.05, 0) is 29.7 Å². The Kier molecular flexibility index (Phi) is 3.10. The monoisotopic (exact) mass is 267 g/mol. The van der Waals surface area contributed by atoms with E-state index >= 15 is 0 Å². The fourth-order valence-electron chi connectivity index (χ4n) is 2.44. The van der Waals surface area contributed by atoms with Crippen LogP contribution in [-0.4, -0.2) is 20.0 Å². The van der Waals surface area contributed by atoms with Gasteiger partial charge >= 0.3 is 0 Å². The molecule has 0 aliphatic heterocycles. The van der Waals surface area contributed by atoms with Gasteiger partial charge in [0.25, 0.3) is 0 Å². The van der Waals surface area contributed by atoms with E-state index in [2.05, 4.69) is 47.3 Å². The average molecular weight is 267 g/mol. The van der Waals surface area contributed by atoms with Crippen molar-refractivity contribution in [1.29, 1.82) is 0 Å². The highest BCUT2D eigenvalue weighted by Gasteiger charge is 2.14. The van der Waals surface area contributed by atoms with Crippen molar-refractivity contribution in [2.75, 3.05) is 5.73 Å². The van der Waals surface area contributed by atoms with Gasteiger partial charge in [0.1, 0.15) is 0 Å². The van der Waals surface area contributed by atoms with Crippen LogP contribution in [0.15, 0.2) is 36.5 Å². The first-order valence-electron chi connectivity index (χ1n) is 6.67. The van der Waals surface area contributed by atoms with Gasteiger partial charge in [0, 0.05) is 11.6 Å². The number of pyridine rings is 1. The summed E-state index contributed by atoms with van der Waals surface area (Å²) in [5.74, 6) is 0.814. The van der Waals surface area contributed by atoms with E-state index in [1.807, 2.05) is 16.8 Å². The maximum absolute atomic E-state index is 5.88. The Labute approximate surface area is 117 Å². The molecule has 0 radical (unpaired) electrons. The van der Waals surface area contributed by atoms with E-state index in [-0.39, 0.29) is 0 Å². The van der Waals surface area contributed by atoms with Crippen molar-refractivity contribution in [2.45, 2.75) is 26.3 Å². The second kappa shape index (κ2) is 4.92. The molecule has 0 unspecified atom stereocenters. The first-order valence-corrected chi connectivity index (χ1v) is 6.67. The Morgan fingerprint density at radius 1 is 1.25 bits per heavy atom. The van der Waals surface area contributed by atoms with Crippen molar-refractivity contribution in [1.82, 2.24) is 20.0 Å². The van der Waals surface area contributed by atoms with E-state index in [1.54, 1.807) is 6.20 Å². The lowest BCUT2D eigenvalue weighted by Crippen LogP contribution is -2.08. The summed E-state index contributed by atoms with van der Waals surface area (Å²) in [4.78, 5) is 4.32. The van der Waals surface area contributed by atoms with Crippen molar-refractivity contribution >= 4 is 16.7 Å². The number of nitrogens with zero attached hydrogens (tertiary/aromatic N) is 4. The zero-order valence-corrected chi connectivity index (χ0v) is 11.6. The molecule has 0 saturated heterocycles. The van der Waals surface area contributed by atoms with E-state index < -0.39 is 0 Å². The predicted octanol–water partition coefficient (Wildman–Crippen LogP) is 2.58. The molecule has 0 amide bonds. The second-order valence-corrected chi connectivity index (χ2v) is 5.20. The Morgan fingerprint density at radius 3 is 2.90 bits per heavy atom. The number of aromatic nitrogens is 4. The van der Waals surface area contributed by atoms with Gasteiger partial charge < -0.3 is 5.73 Å². The van der Waals surface area contributed by atoms with Gasteiger partial charge in [-0.15, -0.1) is 5.10 Å². The average Bonchev–Trinajstić information content (AvgIpc) is 2.79. The lowest BCUT2D eigenvalue weighted by Gasteiger charge is -2.10. The molecule has 0 fully saturated rings. The lowest BCUT2D eigenvalue weighted by molar-refractivity contribution is 0.598. The zero-order valence-electron chi connectivity index (χ0n) is 11.6. The predicted molar refractivity (Wildman–Crippen MR) is 79.4 cm³/mol. The number of nitrogen functional groups attached to an aromatic ring is 1. The summed E-state index contributed by atoms with van der Waals surface area (Å²) in [7, 11) is 0. The van der Waals surface area contributed by atoms with Gasteiger partial charge in [0.05, 0.1) is 17.8 Å². The number of fused-ring (bicyclic) bond motifs is 1. The molecule has 20 heavy (non-hydrogen) atoms. The first kappa shape index (κ1) is 12.6. The molecule has 0 saturated carbocycles. The molecule has 2 heterocycles. The van der Waals surface area contributed by atoms with Crippen molar-refractivity contribution in [2.24, 2.45) is 0 Å². The van der Waals surface area contributed by atoms with Crippen molar-refractivity contribution in [3.63, 3.8) is 0 Å². The third kappa shape index (κ3) is 2.22. The molecule has 0 atom stereocenters. The minimum absolute atomic E-state index is 0.298. The zero-order chi connectivity index (χ0) is 14.1. The Hall–Kier alpha value is -2.43. The largest absolute Gasteiger partial charge is 0.381 e. The summed E-state index contributed by atoms with van der Waals surface area (Å²) in [5, 5.41) is 9.24. The van der Waals surface area contributed by atoms with Crippen LogP contribution < -0.4 is 5.73 Å². The summed E-state index contributed by atoms with van der Waals surface area (Å²) in [6.07, 6.45) is 1.80. The number of hydrogen-bond donors (Lipinski definition) is 1. The molecule has 3 rings (SSSR count). The molecule has 0 bridgehead atoms. The minimum atomic E-state index is 0.298. The van der Waals surface area contributed by atoms with Gasteiger partial charge in [-0.25, -0.2) is 4.68 Å². The summed E-state index contributed by atoms with van der Waals surface area (Å²) in [5.41, 5.74) is 9.03. The summed E-state index contributed by atoms with van der Waals surface area (Å²) in [6, 6.07) is 10.2. The van der Waals surface area contributed by atoms with Crippen LogP contribution in [0.1, 0.15) is 31.0 Å². The molecular formula is C15H17N5. The van der Waals surface area contributed by atoms with Crippen molar-refractivity contribution in [3.05, 3.63) is 47.8 Å². The topological polar surface area (TPSA) is 69.6 Å². The van der Waals surface area contributed by atoms with Gasteiger partial charge in [0.15, 0.2) is 5.82 Å². The first-order chi connectivity index (χ1) is 9.65. The summed E-state index contributed by atoms with van der Waals surface area (Å²) in [6.45, 7) is 4.86. The molecule has 3 aromatic rings. The summed E-state index contributed by atoms with van der Waals surface area (Å²) >= 11 is 0. The van der Waals surface area contributed by atoms with E-state index in [9.17, 15) is 0 Å². The van der Waals surface area contributed by atoms with Crippen LogP contribution in [-0.2, 0) is 6.54 Å². The van der Waals surface area contributed by atoms with Crippen LogP contribution in [0.2, 0.25) is 0 Å². The van der Waals surface area contributed by atoms with Crippen LogP contribution in [0.4, 0.5) is 5.82 Å². The van der Waals surface area contributed by atoms with Crippen molar-refractivity contribution in [3.8, 4) is 0 Å². The Morgan fingerprint density at radius 2 is 2.10 bits per heavy atom. The maximum atomic E-state index is 5.88. The van der Waals surface area contributed by atoms with Crippen LogP contribution in [0.25, 0.3) is 10.9 Å². The van der Waals surface area contributed by atoms with Gasteiger partial charge in [-0.1, -0.05) is 31.2 Å². The molecule has 0 aliphatic rings. The SMILES string of the molecule is CC(C)c1c(N)nnn1Cc1ccc2ncccc2c1. The lowest BCUT2D eigenvalue weighted by atomic mass is 10.1. The fraction of sp³-hybridized carbons (Fsp3) is 0.267. The Bertz CT molecular complexity index is 745. The number of anilines is 1. The molecule has 5 heteroatoms. The second-order valence-electron chi connectivity index (χ2n) is 5.20. The third-order valence-electron chi connectivity index (χ3n) is 3.35. The third-order valence-corrected chi connectivity index (χ3v) is 3.35. The molecule has 2 aromatic heterocycles. The number of benzene rings is 1. The molecule has 0 spiro atoms. The van der Waals surface area contributed by atoms with Crippen LogP contribution >= 0.6 is 0 Å². The maximum Gasteiger partial charge on any atom is 0.169 e. The number of hydrogen-bond acceptors (Lipinski definition) is 4. The molecule has 1 aromatic carbocycles.